The molecular formula is C31H23Cl2N3O5. The average molecular weight is 588 g/mol. The summed E-state index contributed by atoms with van der Waals surface area (Å²) in [6.07, 6.45) is 1.38. The van der Waals surface area contributed by atoms with Crippen LogP contribution in [0.15, 0.2) is 90.0 Å². The fourth-order valence-electron chi connectivity index (χ4n) is 4.36. The number of carbonyl (C=O) groups is 2. The van der Waals surface area contributed by atoms with Crippen molar-refractivity contribution in [2.75, 3.05) is 14.2 Å². The maximum atomic E-state index is 13.5. The molecule has 0 spiro atoms. The highest BCUT2D eigenvalue weighted by molar-refractivity contribution is 6.36. The van der Waals surface area contributed by atoms with Crippen LogP contribution in [0.3, 0.4) is 0 Å². The lowest BCUT2D eigenvalue weighted by atomic mass is 10.0. The van der Waals surface area contributed by atoms with Crippen molar-refractivity contribution >= 4 is 52.2 Å². The summed E-state index contributed by atoms with van der Waals surface area (Å²) in [5, 5.41) is 5.40. The zero-order valence-corrected chi connectivity index (χ0v) is 23.4. The van der Waals surface area contributed by atoms with Gasteiger partial charge in [0.05, 0.1) is 41.9 Å². The number of fused-ring (bicyclic) bond motifs is 1. The Kier molecular flexibility index (Phi) is 8.24. The summed E-state index contributed by atoms with van der Waals surface area (Å²) in [5.41, 5.74) is 5.49. The fourth-order valence-corrected chi connectivity index (χ4v) is 4.85. The van der Waals surface area contributed by atoms with Crippen LogP contribution in [0.2, 0.25) is 10.0 Å². The average Bonchev–Trinajstić information content (AvgIpc) is 3.39. The molecule has 0 aliphatic carbocycles. The number of amides is 1. The van der Waals surface area contributed by atoms with Gasteiger partial charge in [-0.05, 0) is 48.0 Å². The Morgan fingerprint density at radius 2 is 1.56 bits per heavy atom. The van der Waals surface area contributed by atoms with Crippen molar-refractivity contribution in [3.05, 3.63) is 112 Å². The molecule has 4 aromatic carbocycles. The second-order valence-electron chi connectivity index (χ2n) is 8.71. The number of hydrazone groups is 1. The van der Waals surface area contributed by atoms with Crippen LogP contribution in [-0.2, 0) is 0 Å². The highest BCUT2D eigenvalue weighted by Crippen LogP contribution is 2.42. The topological polar surface area (TPSA) is 102 Å². The van der Waals surface area contributed by atoms with Gasteiger partial charge in [-0.25, -0.2) is 10.2 Å². The largest absolute Gasteiger partial charge is 0.496 e. The highest BCUT2D eigenvalue weighted by Gasteiger charge is 2.24. The second kappa shape index (κ2) is 12.2. The number of aromatic nitrogens is 1. The standard InChI is InChI=1S/C31H23Cl2N3O5/c1-39-24-14-15-25(40-2)28-27(24)26(18-8-4-3-5-9-18)29(35-28)30(37)36-34-17-19-10-6-7-11-23(19)41-31(38)21-13-12-20(32)16-22(21)33/h3-17,35H,1-2H3,(H,36,37). The SMILES string of the molecule is COc1ccc(OC)c2c(-c3ccccc3)c(C(=O)NN=Cc3ccccc3OC(=O)c3ccc(Cl)cc3Cl)[nH]c12. The van der Waals surface area contributed by atoms with E-state index in [2.05, 4.69) is 15.5 Å². The predicted octanol–water partition coefficient (Wildman–Crippen LogP) is 7.14. The molecule has 5 rings (SSSR count). The van der Waals surface area contributed by atoms with Crippen LogP contribution >= 0.6 is 23.2 Å². The molecule has 1 amide bonds. The summed E-state index contributed by atoms with van der Waals surface area (Å²) in [5.74, 6) is 0.200. The van der Waals surface area contributed by atoms with Gasteiger partial charge >= 0.3 is 5.97 Å². The molecule has 2 N–H and O–H groups in total. The molecule has 10 heteroatoms. The van der Waals surface area contributed by atoms with Crippen molar-refractivity contribution in [3.63, 3.8) is 0 Å². The number of benzene rings is 4. The van der Waals surface area contributed by atoms with Crippen LogP contribution in [0.4, 0.5) is 0 Å². The van der Waals surface area contributed by atoms with E-state index in [0.29, 0.717) is 38.6 Å². The van der Waals surface area contributed by atoms with E-state index in [0.717, 1.165) is 5.56 Å². The third-order valence-corrected chi connectivity index (χ3v) is 6.80. The van der Waals surface area contributed by atoms with E-state index in [1.165, 1.54) is 18.3 Å². The van der Waals surface area contributed by atoms with E-state index in [9.17, 15) is 9.59 Å². The molecule has 0 bridgehead atoms. The molecule has 41 heavy (non-hydrogen) atoms. The summed E-state index contributed by atoms with van der Waals surface area (Å²) in [6.45, 7) is 0. The Balaban J connectivity index is 1.45. The first-order valence-corrected chi connectivity index (χ1v) is 13.1. The van der Waals surface area contributed by atoms with Crippen molar-refractivity contribution in [1.82, 2.24) is 10.4 Å². The molecule has 5 aromatic rings. The first-order chi connectivity index (χ1) is 19.9. The number of nitrogens with zero attached hydrogens (tertiary/aromatic N) is 1. The van der Waals surface area contributed by atoms with Gasteiger partial charge in [0.2, 0.25) is 0 Å². The minimum absolute atomic E-state index is 0.161. The number of hydrogen-bond donors (Lipinski definition) is 2. The number of halogens is 2. The molecule has 0 saturated heterocycles. The molecule has 1 aromatic heterocycles. The number of carbonyl (C=O) groups excluding carboxylic acids is 2. The number of nitrogens with one attached hydrogen (secondary N) is 2. The number of para-hydroxylation sites is 1. The first-order valence-electron chi connectivity index (χ1n) is 12.3. The molecule has 0 atom stereocenters. The molecule has 206 valence electrons. The number of hydrogen-bond acceptors (Lipinski definition) is 6. The third-order valence-electron chi connectivity index (χ3n) is 6.25. The number of rotatable bonds is 8. The van der Waals surface area contributed by atoms with Crippen molar-refractivity contribution < 1.29 is 23.8 Å². The van der Waals surface area contributed by atoms with Crippen LogP contribution in [-0.4, -0.2) is 37.3 Å². The van der Waals surface area contributed by atoms with E-state index in [-0.39, 0.29) is 22.0 Å². The molecular weight excluding hydrogens is 565 g/mol. The van der Waals surface area contributed by atoms with Gasteiger partial charge in [0.1, 0.15) is 22.9 Å². The number of esters is 1. The van der Waals surface area contributed by atoms with Crippen LogP contribution < -0.4 is 19.6 Å². The lowest BCUT2D eigenvalue weighted by Gasteiger charge is -2.09. The number of aromatic amines is 1. The Morgan fingerprint density at radius 1 is 0.854 bits per heavy atom. The van der Waals surface area contributed by atoms with Gasteiger partial charge in [0.25, 0.3) is 5.91 Å². The van der Waals surface area contributed by atoms with Gasteiger partial charge in [0, 0.05) is 16.1 Å². The van der Waals surface area contributed by atoms with Gasteiger partial charge in [-0.3, -0.25) is 4.79 Å². The van der Waals surface area contributed by atoms with Crippen molar-refractivity contribution in [2.24, 2.45) is 5.10 Å². The van der Waals surface area contributed by atoms with Crippen molar-refractivity contribution in [2.45, 2.75) is 0 Å². The molecule has 0 fully saturated rings. The fraction of sp³-hybridized carbons (Fsp3) is 0.0645. The summed E-state index contributed by atoms with van der Waals surface area (Å²) >= 11 is 12.1. The molecule has 0 aliphatic heterocycles. The lowest BCUT2D eigenvalue weighted by Crippen LogP contribution is -2.19. The van der Waals surface area contributed by atoms with Crippen LogP contribution in [0.25, 0.3) is 22.0 Å². The molecule has 1 heterocycles. The Morgan fingerprint density at radius 3 is 2.29 bits per heavy atom. The quantitative estimate of drug-likeness (QED) is 0.0869. The Labute approximate surface area is 245 Å². The van der Waals surface area contributed by atoms with Gasteiger partial charge in [-0.2, -0.15) is 5.10 Å². The zero-order chi connectivity index (χ0) is 28.9. The smallest absolute Gasteiger partial charge is 0.345 e. The second-order valence-corrected chi connectivity index (χ2v) is 9.56. The highest BCUT2D eigenvalue weighted by atomic mass is 35.5. The summed E-state index contributed by atoms with van der Waals surface area (Å²) < 4.78 is 16.7. The lowest BCUT2D eigenvalue weighted by molar-refractivity contribution is 0.0734. The Bertz CT molecular complexity index is 1780. The maximum absolute atomic E-state index is 13.5. The molecule has 8 nitrogen and oxygen atoms in total. The monoisotopic (exact) mass is 587 g/mol. The summed E-state index contributed by atoms with van der Waals surface area (Å²) in [7, 11) is 3.12. The number of ether oxygens (including phenoxy) is 3. The van der Waals surface area contributed by atoms with Gasteiger partial charge in [-0.1, -0.05) is 65.7 Å². The van der Waals surface area contributed by atoms with Crippen LogP contribution in [0.1, 0.15) is 26.4 Å². The molecule has 0 aliphatic rings. The predicted molar refractivity (Wildman–Crippen MR) is 160 cm³/mol. The zero-order valence-electron chi connectivity index (χ0n) is 21.9. The normalized spacial score (nSPS) is 11.0. The third kappa shape index (κ3) is 5.75. The van der Waals surface area contributed by atoms with Crippen molar-refractivity contribution in [1.29, 1.82) is 0 Å². The first kappa shape index (κ1) is 27.8. The van der Waals surface area contributed by atoms with Crippen LogP contribution in [0.5, 0.6) is 17.2 Å². The number of methoxy groups -OCH3 is 2. The van der Waals surface area contributed by atoms with E-state index < -0.39 is 11.9 Å². The van der Waals surface area contributed by atoms with E-state index in [1.807, 2.05) is 30.3 Å². The van der Waals surface area contributed by atoms with Gasteiger partial charge in [-0.15, -0.1) is 0 Å². The number of H-pyrrole nitrogens is 1. The van der Waals surface area contributed by atoms with Crippen LogP contribution in [0, 0.1) is 0 Å². The minimum Gasteiger partial charge on any atom is -0.496 e. The maximum Gasteiger partial charge on any atom is 0.345 e. The van der Waals surface area contributed by atoms with E-state index in [1.54, 1.807) is 56.7 Å². The summed E-state index contributed by atoms with van der Waals surface area (Å²) in [4.78, 5) is 29.4. The molecule has 0 saturated carbocycles. The summed E-state index contributed by atoms with van der Waals surface area (Å²) in [6, 6.07) is 24.3. The minimum atomic E-state index is -0.662. The van der Waals surface area contributed by atoms with E-state index >= 15 is 0 Å². The molecule has 0 unspecified atom stereocenters. The van der Waals surface area contributed by atoms with Crippen molar-refractivity contribution in [3.8, 4) is 28.4 Å². The van der Waals surface area contributed by atoms with Gasteiger partial charge < -0.3 is 19.2 Å². The van der Waals surface area contributed by atoms with Gasteiger partial charge in [0.15, 0.2) is 0 Å². The Hall–Kier alpha value is -4.79. The molecule has 0 radical (unpaired) electrons. The van der Waals surface area contributed by atoms with E-state index in [4.69, 9.17) is 37.4 Å².